The molecule has 0 bridgehead atoms. The van der Waals surface area contributed by atoms with Crippen molar-refractivity contribution in [2.24, 2.45) is 0 Å². The second kappa shape index (κ2) is 6.36. The summed E-state index contributed by atoms with van der Waals surface area (Å²) in [6.45, 7) is 2.19. The molecule has 0 heterocycles. The fourth-order valence-corrected chi connectivity index (χ4v) is 2.60. The van der Waals surface area contributed by atoms with E-state index in [-0.39, 0.29) is 0 Å². The van der Waals surface area contributed by atoms with Gasteiger partial charge in [-0.25, -0.2) is 0 Å². The molecular weight excluding hydrogens is 226 g/mol. The molecule has 2 rings (SSSR count). The van der Waals surface area contributed by atoms with Crippen LogP contribution in [0.25, 0.3) is 0 Å². The molecule has 1 unspecified atom stereocenters. The summed E-state index contributed by atoms with van der Waals surface area (Å²) in [5, 5.41) is 3.88. The van der Waals surface area contributed by atoms with E-state index < -0.39 is 0 Å². The van der Waals surface area contributed by atoms with Crippen molar-refractivity contribution in [2.45, 2.75) is 12.3 Å². The lowest BCUT2D eigenvalue weighted by molar-refractivity contribution is 1.11. The highest BCUT2D eigenvalue weighted by Crippen LogP contribution is 2.29. The molecule has 2 heteroatoms. The molecule has 0 saturated carbocycles. The van der Waals surface area contributed by atoms with Crippen molar-refractivity contribution >= 4 is 17.4 Å². The Bertz CT molecular complexity index is 427. The van der Waals surface area contributed by atoms with Crippen LogP contribution in [-0.2, 0) is 0 Å². The van der Waals surface area contributed by atoms with Crippen LogP contribution in [0, 0.1) is 0 Å². The predicted molar refractivity (Wildman–Crippen MR) is 77.4 cm³/mol. The van der Waals surface area contributed by atoms with E-state index in [1.165, 1.54) is 11.3 Å². The molecule has 0 fully saturated rings. The van der Waals surface area contributed by atoms with Gasteiger partial charge in [0.15, 0.2) is 0 Å². The lowest BCUT2D eigenvalue weighted by atomic mass is 10.2. The Balaban J connectivity index is 2.13. The molecule has 0 saturated heterocycles. The quantitative estimate of drug-likeness (QED) is 0.773. The highest BCUT2D eigenvalue weighted by Gasteiger charge is 2.09. The molecule has 0 aliphatic carbocycles. The first-order valence-electron chi connectivity index (χ1n) is 5.88. The van der Waals surface area contributed by atoms with Gasteiger partial charge in [-0.15, -0.1) is 11.8 Å². The van der Waals surface area contributed by atoms with Crippen LogP contribution in [0.1, 0.15) is 17.9 Å². The van der Waals surface area contributed by atoms with E-state index in [1.54, 1.807) is 0 Å². The van der Waals surface area contributed by atoms with Crippen molar-refractivity contribution in [2.75, 3.05) is 11.1 Å². The molecule has 2 aromatic rings. The maximum Gasteiger partial charge on any atom is 0.0979 e. The molecule has 0 aromatic heterocycles. The van der Waals surface area contributed by atoms with Crippen LogP contribution in [0.5, 0.6) is 0 Å². The van der Waals surface area contributed by atoms with Crippen LogP contribution >= 0.6 is 11.8 Å². The first-order chi connectivity index (χ1) is 8.40. The summed E-state index contributed by atoms with van der Waals surface area (Å²) in [5.41, 5.74) is 2.49. The highest BCUT2D eigenvalue weighted by molar-refractivity contribution is 7.99. The second-order valence-corrected chi connectivity index (χ2v) is 5.14. The van der Waals surface area contributed by atoms with E-state index in [2.05, 4.69) is 66.8 Å². The number of para-hydroxylation sites is 1. The van der Waals surface area contributed by atoms with E-state index in [0.29, 0.717) is 5.37 Å². The predicted octanol–water partition coefficient (Wildman–Crippen LogP) is 4.55. The molecule has 0 radical (unpaired) electrons. The topological polar surface area (TPSA) is 12.0 Å². The van der Waals surface area contributed by atoms with Crippen LogP contribution in [0.4, 0.5) is 5.69 Å². The Morgan fingerprint density at radius 3 is 2.12 bits per heavy atom. The molecule has 0 aliphatic heterocycles. The minimum Gasteiger partial charge on any atom is -0.369 e. The molecule has 17 heavy (non-hydrogen) atoms. The molecular formula is C15H17NS. The van der Waals surface area contributed by atoms with Gasteiger partial charge in [-0.05, 0) is 23.4 Å². The third kappa shape index (κ3) is 3.53. The Morgan fingerprint density at radius 1 is 0.941 bits per heavy atom. The summed E-state index contributed by atoms with van der Waals surface area (Å²) in [5.74, 6) is 1.10. The van der Waals surface area contributed by atoms with Gasteiger partial charge in [0.1, 0.15) is 0 Å². The fourth-order valence-electron chi connectivity index (χ4n) is 1.70. The van der Waals surface area contributed by atoms with Crippen molar-refractivity contribution in [1.29, 1.82) is 0 Å². The van der Waals surface area contributed by atoms with Gasteiger partial charge in [0, 0.05) is 5.69 Å². The number of hydrogen-bond donors (Lipinski definition) is 1. The second-order valence-electron chi connectivity index (χ2n) is 3.76. The van der Waals surface area contributed by atoms with E-state index in [4.69, 9.17) is 0 Å². The van der Waals surface area contributed by atoms with Crippen LogP contribution in [0.15, 0.2) is 60.7 Å². The normalized spacial score (nSPS) is 12.1. The number of thioether (sulfide) groups is 1. The van der Waals surface area contributed by atoms with Gasteiger partial charge in [0.2, 0.25) is 0 Å². The minimum atomic E-state index is 0.323. The molecule has 1 N–H and O–H groups in total. The van der Waals surface area contributed by atoms with Gasteiger partial charge in [0.25, 0.3) is 0 Å². The van der Waals surface area contributed by atoms with E-state index in [0.717, 1.165) is 5.75 Å². The average Bonchev–Trinajstić information content (AvgIpc) is 2.40. The molecule has 2 aromatic carbocycles. The monoisotopic (exact) mass is 243 g/mol. The number of rotatable bonds is 5. The standard InChI is InChI=1S/C15H17NS/c1-2-17-15(13-9-5-3-6-10-13)16-14-11-7-4-8-12-14/h3-12,15-16H,2H2,1H3. The highest BCUT2D eigenvalue weighted by atomic mass is 32.2. The lowest BCUT2D eigenvalue weighted by Gasteiger charge is -2.19. The van der Waals surface area contributed by atoms with Crippen molar-refractivity contribution in [3.8, 4) is 0 Å². The lowest BCUT2D eigenvalue weighted by Crippen LogP contribution is -2.07. The third-order valence-electron chi connectivity index (χ3n) is 2.51. The minimum absolute atomic E-state index is 0.323. The van der Waals surface area contributed by atoms with E-state index >= 15 is 0 Å². The van der Waals surface area contributed by atoms with Crippen molar-refractivity contribution < 1.29 is 0 Å². The Morgan fingerprint density at radius 2 is 1.53 bits per heavy atom. The number of hydrogen-bond acceptors (Lipinski definition) is 2. The largest absolute Gasteiger partial charge is 0.369 e. The summed E-state index contributed by atoms with van der Waals surface area (Å²) in [4.78, 5) is 0. The number of benzene rings is 2. The maximum atomic E-state index is 3.56. The van der Waals surface area contributed by atoms with Crippen LogP contribution in [0.2, 0.25) is 0 Å². The van der Waals surface area contributed by atoms with Crippen molar-refractivity contribution in [3.63, 3.8) is 0 Å². The molecule has 0 aliphatic rings. The van der Waals surface area contributed by atoms with Crippen LogP contribution in [-0.4, -0.2) is 5.75 Å². The summed E-state index contributed by atoms with van der Waals surface area (Å²) >= 11 is 1.91. The Kier molecular flexibility index (Phi) is 4.51. The first kappa shape index (κ1) is 12.1. The Labute approximate surface area is 107 Å². The van der Waals surface area contributed by atoms with Gasteiger partial charge >= 0.3 is 0 Å². The van der Waals surface area contributed by atoms with Gasteiger partial charge in [-0.2, -0.15) is 0 Å². The zero-order valence-corrected chi connectivity index (χ0v) is 10.8. The zero-order valence-electron chi connectivity index (χ0n) is 9.97. The summed E-state index contributed by atoms with van der Waals surface area (Å²) in [6.07, 6.45) is 0. The van der Waals surface area contributed by atoms with Crippen molar-refractivity contribution in [3.05, 3.63) is 66.2 Å². The van der Waals surface area contributed by atoms with Crippen LogP contribution < -0.4 is 5.32 Å². The molecule has 1 atom stereocenters. The summed E-state index contributed by atoms with van der Waals surface area (Å²) < 4.78 is 0. The van der Waals surface area contributed by atoms with E-state index in [1.807, 2.05) is 17.8 Å². The Hall–Kier alpha value is -1.41. The molecule has 0 amide bonds. The third-order valence-corrected chi connectivity index (χ3v) is 3.56. The zero-order chi connectivity index (χ0) is 11.9. The molecule has 0 spiro atoms. The maximum absolute atomic E-state index is 3.56. The first-order valence-corrected chi connectivity index (χ1v) is 6.93. The average molecular weight is 243 g/mol. The number of anilines is 1. The summed E-state index contributed by atoms with van der Waals surface area (Å²) in [7, 11) is 0. The summed E-state index contributed by atoms with van der Waals surface area (Å²) in [6, 6.07) is 20.9. The van der Waals surface area contributed by atoms with Crippen molar-refractivity contribution in [1.82, 2.24) is 0 Å². The van der Waals surface area contributed by atoms with Gasteiger partial charge in [0.05, 0.1) is 5.37 Å². The van der Waals surface area contributed by atoms with Crippen LogP contribution in [0.3, 0.4) is 0 Å². The smallest absolute Gasteiger partial charge is 0.0979 e. The fraction of sp³-hybridized carbons (Fsp3) is 0.200. The SMILES string of the molecule is CCSC(Nc1ccccc1)c1ccccc1. The van der Waals surface area contributed by atoms with Gasteiger partial charge in [-0.1, -0.05) is 55.5 Å². The molecule has 88 valence electrons. The number of nitrogens with one attached hydrogen (secondary N) is 1. The van der Waals surface area contributed by atoms with E-state index in [9.17, 15) is 0 Å². The van der Waals surface area contributed by atoms with Gasteiger partial charge < -0.3 is 5.32 Å². The molecule has 1 nitrogen and oxygen atoms in total. The van der Waals surface area contributed by atoms with Gasteiger partial charge in [-0.3, -0.25) is 0 Å².